The highest BCUT2D eigenvalue weighted by molar-refractivity contribution is 5.03. The first-order valence-corrected chi connectivity index (χ1v) is 24.7. The van der Waals surface area contributed by atoms with Crippen LogP contribution in [-0.4, -0.2) is 85.5 Å². The molecule has 0 aromatic heterocycles. The van der Waals surface area contributed by atoms with Gasteiger partial charge in [0, 0.05) is 0 Å². The van der Waals surface area contributed by atoms with E-state index >= 15 is 0 Å². The molecule has 14 fully saturated rings. The molecule has 7 aliphatic carbocycles. The molecule has 7 heterocycles. The lowest BCUT2D eigenvalue weighted by Gasteiger charge is -2.43. The summed E-state index contributed by atoms with van der Waals surface area (Å²) >= 11 is 0. The molecule has 0 spiro atoms. The fraction of sp³-hybridized carbons (Fsp3) is 1.00. The summed E-state index contributed by atoms with van der Waals surface area (Å²) in [6.45, 7) is 0. The fourth-order valence-electron chi connectivity index (χ4n) is 15.7. The average molecular weight is 761 g/mol. The van der Waals surface area contributed by atoms with Crippen LogP contribution in [-0.2, 0) is 33.2 Å². The topological polar surface area (TPSA) is 87.7 Å². The zero-order chi connectivity index (χ0) is 35.8. The molecular weight excluding hydrogens is 689 g/mol. The Labute approximate surface area is 331 Å². The van der Waals surface area contributed by atoms with E-state index in [0.717, 1.165) is 59.2 Å². The molecule has 7 saturated carbocycles. The van der Waals surface area contributed by atoms with Crippen LogP contribution in [0.25, 0.3) is 0 Å². The van der Waals surface area contributed by atoms with E-state index < -0.39 is 0 Å². The normalized spacial score (nSPS) is 57.8. The molecule has 0 bridgehead atoms. The van der Waals surface area contributed by atoms with E-state index in [9.17, 15) is 0 Å². The Balaban J connectivity index is 0.000000123. The molecule has 7 aliphatic heterocycles. The third-order valence-electron chi connectivity index (χ3n) is 19.2. The van der Waals surface area contributed by atoms with Gasteiger partial charge in [-0.25, -0.2) is 0 Å². The molecule has 7 saturated heterocycles. The van der Waals surface area contributed by atoms with Gasteiger partial charge in [-0.3, -0.25) is 0 Å². The average Bonchev–Trinajstić information content (AvgIpc) is 3.97. The highest BCUT2D eigenvalue weighted by Crippen LogP contribution is 2.56. The number of epoxide rings is 7. The van der Waals surface area contributed by atoms with E-state index in [4.69, 9.17) is 33.2 Å². The third-order valence-corrected chi connectivity index (χ3v) is 19.2. The van der Waals surface area contributed by atoms with Gasteiger partial charge in [0.1, 0.15) is 0 Å². The van der Waals surface area contributed by atoms with Crippen LogP contribution in [0.1, 0.15) is 154 Å². The maximum absolute atomic E-state index is 6.03. The van der Waals surface area contributed by atoms with Crippen molar-refractivity contribution in [1.82, 2.24) is 0 Å². The minimum absolute atomic E-state index is 0.609. The molecule has 0 N–H and O–H groups in total. The summed E-state index contributed by atoms with van der Waals surface area (Å²) < 4.78 is 41.4. The highest BCUT2D eigenvalue weighted by Gasteiger charge is 2.55. The van der Waals surface area contributed by atoms with Crippen LogP contribution < -0.4 is 0 Å². The number of ether oxygens (including phenoxy) is 7. The summed E-state index contributed by atoms with van der Waals surface area (Å²) in [5.41, 5.74) is 0. The Kier molecular flexibility index (Phi) is 9.13. The van der Waals surface area contributed by atoms with E-state index in [1.54, 1.807) is 0 Å². The zero-order valence-electron chi connectivity index (χ0n) is 33.7. The van der Waals surface area contributed by atoms with E-state index in [-0.39, 0.29) is 0 Å². The van der Waals surface area contributed by atoms with Crippen molar-refractivity contribution in [2.75, 3.05) is 0 Å². The second kappa shape index (κ2) is 14.2. The largest absolute Gasteiger partial charge is 0.370 e. The molecule has 0 radical (unpaired) electrons. The van der Waals surface area contributed by atoms with Gasteiger partial charge in [-0.05, 0) is 213 Å². The summed E-state index contributed by atoms with van der Waals surface area (Å²) in [4.78, 5) is 0. The standard InChI is InChI=1S/C28H42O4.C20H30O3/c1-5-21-25(29-21)11-15(1)9-19(17-3-7-23-27(13-17)31-23)20(18-4-8-24-28(14-18)32-24)10-16-2-6-22-26(12-16)30-22;1-3-15-17(21-15)7-11(1)5-13-9-19-20(23-19)10-14(13)6-12-2-4-16-18(8-12)22-16/h15-28H,1-14H2;11-20H,1-10H2. The summed E-state index contributed by atoms with van der Waals surface area (Å²) in [5.74, 6) is 9.13. The molecule has 24 unspecified atom stereocenters. The van der Waals surface area contributed by atoms with Crippen molar-refractivity contribution < 1.29 is 33.2 Å². The molecule has 24 atom stereocenters. The number of hydrogen-bond acceptors (Lipinski definition) is 7. The van der Waals surface area contributed by atoms with Gasteiger partial charge in [-0.2, -0.15) is 0 Å². The van der Waals surface area contributed by atoms with Gasteiger partial charge in [0.15, 0.2) is 0 Å². The Hall–Kier alpha value is -0.280. The van der Waals surface area contributed by atoms with Gasteiger partial charge in [-0.1, -0.05) is 0 Å². The monoisotopic (exact) mass is 761 g/mol. The molecule has 14 aliphatic rings. The Morgan fingerprint density at radius 2 is 0.564 bits per heavy atom. The molecule has 0 aromatic rings. The summed E-state index contributed by atoms with van der Waals surface area (Å²) in [7, 11) is 0. The third kappa shape index (κ3) is 7.80. The minimum Gasteiger partial charge on any atom is -0.370 e. The van der Waals surface area contributed by atoms with Crippen LogP contribution >= 0.6 is 0 Å². The first-order valence-electron chi connectivity index (χ1n) is 24.7. The van der Waals surface area contributed by atoms with Gasteiger partial charge in [0.05, 0.1) is 85.5 Å². The van der Waals surface area contributed by atoms with Crippen LogP contribution in [0.5, 0.6) is 0 Å². The predicted octanol–water partition coefficient (Wildman–Crippen LogP) is 8.96. The first kappa shape index (κ1) is 35.5. The maximum Gasteiger partial charge on any atom is 0.0844 e. The molecule has 55 heavy (non-hydrogen) atoms. The van der Waals surface area contributed by atoms with Gasteiger partial charge in [-0.15, -0.1) is 0 Å². The fourth-order valence-corrected chi connectivity index (χ4v) is 15.7. The number of hydrogen-bond donors (Lipinski definition) is 0. The number of fused-ring (bicyclic) bond motifs is 7. The Morgan fingerprint density at radius 1 is 0.273 bits per heavy atom. The van der Waals surface area contributed by atoms with Crippen LogP contribution in [0, 0.1) is 59.2 Å². The van der Waals surface area contributed by atoms with Gasteiger partial charge in [0.25, 0.3) is 0 Å². The van der Waals surface area contributed by atoms with E-state index in [1.807, 2.05) is 0 Å². The van der Waals surface area contributed by atoms with Crippen molar-refractivity contribution in [3.8, 4) is 0 Å². The smallest absolute Gasteiger partial charge is 0.0844 e. The SMILES string of the molecule is C1CC2OC2CC1CC(C1CCC2OC2C1)C(CC1CCC2OC2C1)C1CCC2OC2C1.C1CC2OC2CC1CC1CC2OC2CC1CC1CCC2OC2C1. The summed E-state index contributed by atoms with van der Waals surface area (Å²) in [6, 6.07) is 0. The van der Waals surface area contributed by atoms with E-state index in [1.165, 1.54) is 154 Å². The lowest BCUT2D eigenvalue weighted by atomic mass is 9.61. The van der Waals surface area contributed by atoms with Crippen LogP contribution in [0.4, 0.5) is 0 Å². The zero-order valence-corrected chi connectivity index (χ0v) is 33.7. The molecule has 0 amide bonds. The van der Waals surface area contributed by atoms with Crippen LogP contribution in [0.3, 0.4) is 0 Å². The molecule has 14 rings (SSSR count). The second-order valence-corrected chi connectivity index (χ2v) is 22.6. The lowest BCUT2D eigenvalue weighted by molar-refractivity contribution is 0.0652. The molecular formula is C48H72O7. The van der Waals surface area contributed by atoms with Crippen molar-refractivity contribution in [3.05, 3.63) is 0 Å². The first-order chi connectivity index (χ1) is 27.1. The van der Waals surface area contributed by atoms with E-state index in [0.29, 0.717) is 85.5 Å². The minimum atomic E-state index is 0.609. The molecule has 0 aromatic carbocycles. The van der Waals surface area contributed by atoms with Gasteiger partial charge < -0.3 is 33.2 Å². The second-order valence-electron chi connectivity index (χ2n) is 22.6. The highest BCUT2D eigenvalue weighted by atomic mass is 16.6. The van der Waals surface area contributed by atoms with Crippen molar-refractivity contribution in [3.63, 3.8) is 0 Å². The van der Waals surface area contributed by atoms with E-state index in [2.05, 4.69) is 0 Å². The summed E-state index contributed by atoms with van der Waals surface area (Å²) in [6.07, 6.45) is 42.0. The van der Waals surface area contributed by atoms with Crippen LogP contribution in [0.2, 0.25) is 0 Å². The Bertz CT molecular complexity index is 1310. The van der Waals surface area contributed by atoms with Crippen LogP contribution in [0.15, 0.2) is 0 Å². The quantitative estimate of drug-likeness (QED) is 0.194. The summed E-state index contributed by atoms with van der Waals surface area (Å²) in [5, 5.41) is 0. The Morgan fingerprint density at radius 3 is 0.927 bits per heavy atom. The van der Waals surface area contributed by atoms with Crippen molar-refractivity contribution in [2.45, 2.75) is 240 Å². The van der Waals surface area contributed by atoms with Gasteiger partial charge >= 0.3 is 0 Å². The molecule has 7 nitrogen and oxygen atoms in total. The van der Waals surface area contributed by atoms with Crippen molar-refractivity contribution in [2.24, 2.45) is 59.2 Å². The van der Waals surface area contributed by atoms with Crippen molar-refractivity contribution >= 4 is 0 Å². The maximum atomic E-state index is 6.03. The number of rotatable bonds is 11. The molecule has 7 heteroatoms. The predicted molar refractivity (Wildman–Crippen MR) is 206 cm³/mol. The van der Waals surface area contributed by atoms with Gasteiger partial charge in [0.2, 0.25) is 0 Å². The lowest BCUT2D eigenvalue weighted by Crippen LogP contribution is -2.37. The van der Waals surface area contributed by atoms with Crippen molar-refractivity contribution in [1.29, 1.82) is 0 Å². The molecule has 306 valence electrons.